The van der Waals surface area contributed by atoms with Crippen LogP contribution in [0.25, 0.3) is 0 Å². The summed E-state index contributed by atoms with van der Waals surface area (Å²) in [7, 11) is -2.87. The predicted molar refractivity (Wildman–Crippen MR) is 106 cm³/mol. The lowest BCUT2D eigenvalue weighted by atomic mass is 9.94. The van der Waals surface area contributed by atoms with E-state index in [0.717, 1.165) is 31.6 Å². The number of halogens is 6. The molecule has 1 aliphatic rings. The third-order valence-electron chi connectivity index (χ3n) is 4.99. The first kappa shape index (κ1) is 25.6. The van der Waals surface area contributed by atoms with Crippen LogP contribution in [0.5, 0.6) is 11.5 Å². The minimum absolute atomic E-state index is 0.0117. The van der Waals surface area contributed by atoms with E-state index in [1.807, 2.05) is 0 Å². The first-order valence-electron chi connectivity index (χ1n) is 9.55. The fourth-order valence-electron chi connectivity index (χ4n) is 3.33. The van der Waals surface area contributed by atoms with Gasteiger partial charge in [0, 0.05) is 37.2 Å². The maximum Gasteiger partial charge on any atom is 0.422 e. The molecular weight excluding hydrogens is 494 g/mol. The van der Waals surface area contributed by atoms with E-state index < -0.39 is 68.1 Å². The maximum absolute atomic E-state index is 13.1. The summed E-state index contributed by atoms with van der Waals surface area (Å²) in [5.74, 6) is -2.27. The minimum atomic E-state index is -4.72. The molecule has 0 atom stereocenters. The first-order valence-corrected chi connectivity index (χ1v) is 11.4. The zero-order valence-electron chi connectivity index (χ0n) is 17.7. The van der Waals surface area contributed by atoms with Crippen molar-refractivity contribution in [2.24, 2.45) is 0 Å². The number of aromatic nitrogens is 1. The third-order valence-corrected chi connectivity index (χ3v) is 6.11. The van der Waals surface area contributed by atoms with Gasteiger partial charge in [-0.15, -0.1) is 0 Å². The van der Waals surface area contributed by atoms with Crippen molar-refractivity contribution in [3.63, 3.8) is 0 Å². The minimum Gasteiger partial charge on any atom is -0.494 e. The third kappa shape index (κ3) is 5.54. The molecule has 14 heteroatoms. The van der Waals surface area contributed by atoms with Gasteiger partial charge in [-0.2, -0.15) is 26.3 Å². The standard InChI is InChI=1S/C20H18F6N2O5S/c1-32-17-15(34(2,30)31)6-5-14(33-10-19(21,22)23)16(17)18(29)28-8-11(9-28)13-4-3-12(7-27-13)20(24,25)26/h3-7,11H,8-10H2,1-2H3. The number of methoxy groups -OCH3 is 1. The lowest BCUT2D eigenvalue weighted by Gasteiger charge is -2.39. The second-order valence-electron chi connectivity index (χ2n) is 7.52. The van der Waals surface area contributed by atoms with Crippen molar-refractivity contribution in [3.8, 4) is 11.5 Å². The van der Waals surface area contributed by atoms with Gasteiger partial charge < -0.3 is 14.4 Å². The molecule has 0 aliphatic carbocycles. The Bertz CT molecular complexity index is 1170. The molecule has 1 aromatic carbocycles. The molecule has 7 nitrogen and oxygen atoms in total. The molecule has 1 saturated heterocycles. The highest BCUT2D eigenvalue weighted by Gasteiger charge is 2.38. The summed E-state index contributed by atoms with van der Waals surface area (Å²) in [4.78, 5) is 17.6. The smallest absolute Gasteiger partial charge is 0.422 e. The van der Waals surface area contributed by atoms with Crippen LogP contribution in [0.1, 0.15) is 27.5 Å². The van der Waals surface area contributed by atoms with Crippen LogP contribution in [0, 0.1) is 0 Å². The van der Waals surface area contributed by atoms with Crippen molar-refractivity contribution in [3.05, 3.63) is 47.3 Å². The molecule has 2 heterocycles. The van der Waals surface area contributed by atoms with Crippen LogP contribution >= 0.6 is 0 Å². The van der Waals surface area contributed by atoms with E-state index in [1.165, 1.54) is 11.0 Å². The van der Waals surface area contributed by atoms with Crippen LogP contribution in [-0.4, -0.2) is 63.4 Å². The van der Waals surface area contributed by atoms with Gasteiger partial charge in [0.05, 0.1) is 12.7 Å². The van der Waals surface area contributed by atoms with Gasteiger partial charge in [-0.3, -0.25) is 9.78 Å². The number of carbonyl (C=O) groups excluding carboxylic acids is 1. The van der Waals surface area contributed by atoms with Gasteiger partial charge in [0.15, 0.2) is 22.2 Å². The van der Waals surface area contributed by atoms with Crippen LogP contribution in [0.4, 0.5) is 26.3 Å². The number of ether oxygens (including phenoxy) is 2. The highest BCUT2D eigenvalue weighted by molar-refractivity contribution is 7.90. The lowest BCUT2D eigenvalue weighted by Crippen LogP contribution is -2.49. The molecule has 0 spiro atoms. The fourth-order valence-corrected chi connectivity index (χ4v) is 4.16. The van der Waals surface area contributed by atoms with Gasteiger partial charge in [0.1, 0.15) is 16.2 Å². The summed E-state index contributed by atoms with van der Waals surface area (Å²) >= 11 is 0. The van der Waals surface area contributed by atoms with E-state index in [9.17, 15) is 39.6 Å². The molecule has 1 fully saturated rings. The second kappa shape index (κ2) is 8.96. The van der Waals surface area contributed by atoms with E-state index in [0.29, 0.717) is 11.9 Å². The van der Waals surface area contributed by atoms with Crippen molar-refractivity contribution in [2.75, 3.05) is 33.1 Å². The van der Waals surface area contributed by atoms with E-state index >= 15 is 0 Å². The Hall–Kier alpha value is -3.03. The van der Waals surface area contributed by atoms with Crippen LogP contribution < -0.4 is 9.47 Å². The van der Waals surface area contributed by atoms with Gasteiger partial charge in [-0.05, 0) is 24.3 Å². The molecule has 34 heavy (non-hydrogen) atoms. The number of amides is 1. The van der Waals surface area contributed by atoms with E-state index in [-0.39, 0.29) is 13.1 Å². The quantitative estimate of drug-likeness (QED) is 0.549. The number of carbonyl (C=O) groups is 1. The maximum atomic E-state index is 13.1. The highest BCUT2D eigenvalue weighted by atomic mass is 32.2. The average molecular weight is 512 g/mol. The summed E-state index contributed by atoms with van der Waals surface area (Å²) in [6, 6.07) is 3.95. The predicted octanol–water partition coefficient (Wildman–Crippen LogP) is 3.69. The molecule has 1 amide bonds. The summed E-state index contributed by atoms with van der Waals surface area (Å²) in [6.07, 6.45) is -7.77. The molecule has 0 bridgehead atoms. The highest BCUT2D eigenvalue weighted by Crippen LogP contribution is 2.39. The first-order chi connectivity index (χ1) is 15.6. The molecule has 0 radical (unpaired) electrons. The SMILES string of the molecule is COc1c(S(C)(=O)=O)ccc(OCC(F)(F)F)c1C(=O)N1CC(c2ccc(C(F)(F)F)cn2)C1. The van der Waals surface area contributed by atoms with Crippen molar-refractivity contribution in [2.45, 2.75) is 23.2 Å². The molecule has 1 aromatic heterocycles. The summed E-state index contributed by atoms with van der Waals surface area (Å²) < 4.78 is 110. The van der Waals surface area contributed by atoms with Crippen LogP contribution in [-0.2, 0) is 16.0 Å². The summed E-state index contributed by atoms with van der Waals surface area (Å²) in [5, 5.41) is 0. The topological polar surface area (TPSA) is 85.8 Å². The Labute approximate surface area is 190 Å². The Kier molecular flexibility index (Phi) is 6.75. The van der Waals surface area contributed by atoms with Gasteiger partial charge >= 0.3 is 12.4 Å². The molecule has 0 saturated carbocycles. The molecule has 186 valence electrons. The average Bonchev–Trinajstić information content (AvgIpc) is 2.68. The van der Waals surface area contributed by atoms with E-state index in [1.54, 1.807) is 0 Å². The number of pyridine rings is 1. The van der Waals surface area contributed by atoms with Gasteiger partial charge in [0.2, 0.25) is 0 Å². The molecule has 2 aromatic rings. The second-order valence-corrected chi connectivity index (χ2v) is 9.51. The Morgan fingerprint density at radius 3 is 2.24 bits per heavy atom. The van der Waals surface area contributed by atoms with Crippen molar-refractivity contribution in [1.82, 2.24) is 9.88 Å². The van der Waals surface area contributed by atoms with Crippen LogP contribution in [0.3, 0.4) is 0 Å². The lowest BCUT2D eigenvalue weighted by molar-refractivity contribution is -0.153. The van der Waals surface area contributed by atoms with E-state index in [4.69, 9.17) is 9.47 Å². The largest absolute Gasteiger partial charge is 0.494 e. The number of nitrogens with zero attached hydrogens (tertiary/aromatic N) is 2. The Balaban J connectivity index is 1.88. The summed E-state index contributed by atoms with van der Waals surface area (Å²) in [6.45, 7) is -1.75. The van der Waals surface area contributed by atoms with Crippen molar-refractivity contribution >= 4 is 15.7 Å². The number of likely N-dealkylation sites (tertiary alicyclic amines) is 1. The number of alkyl halides is 6. The molecule has 3 rings (SSSR count). The number of rotatable bonds is 6. The monoisotopic (exact) mass is 512 g/mol. The Morgan fingerprint density at radius 1 is 1.12 bits per heavy atom. The Morgan fingerprint density at radius 2 is 1.76 bits per heavy atom. The fraction of sp³-hybridized carbons (Fsp3) is 0.400. The van der Waals surface area contributed by atoms with Gasteiger partial charge in [0.25, 0.3) is 5.91 Å². The van der Waals surface area contributed by atoms with Crippen molar-refractivity contribution < 1.29 is 49.0 Å². The molecule has 0 N–H and O–H groups in total. The van der Waals surface area contributed by atoms with Gasteiger partial charge in [-0.25, -0.2) is 8.42 Å². The molecule has 0 unspecified atom stereocenters. The van der Waals surface area contributed by atoms with Gasteiger partial charge in [-0.1, -0.05) is 0 Å². The number of hydrogen-bond acceptors (Lipinski definition) is 6. The van der Waals surface area contributed by atoms with E-state index in [2.05, 4.69) is 4.98 Å². The zero-order valence-corrected chi connectivity index (χ0v) is 18.5. The number of hydrogen-bond donors (Lipinski definition) is 0. The normalized spacial score (nSPS) is 15.1. The molecule has 1 aliphatic heterocycles. The summed E-state index contributed by atoms with van der Waals surface area (Å²) in [5.41, 5.74) is -1.15. The molecular formula is C20H18F6N2O5S. The van der Waals surface area contributed by atoms with Crippen LogP contribution in [0.15, 0.2) is 35.4 Å². The zero-order chi connectivity index (χ0) is 25.5. The number of sulfone groups is 1. The van der Waals surface area contributed by atoms with Crippen LogP contribution in [0.2, 0.25) is 0 Å². The van der Waals surface area contributed by atoms with Crippen molar-refractivity contribution in [1.29, 1.82) is 0 Å². The number of benzene rings is 1.